The molecule has 4 N–H and O–H groups in total. The number of Topliss-reactive ketones (excluding diaryl/α,β-unsaturated/α-hetero) is 1. The van der Waals surface area contributed by atoms with Crippen LogP contribution in [0, 0.1) is 34.5 Å². The molecule has 11 heteroatoms. The van der Waals surface area contributed by atoms with Gasteiger partial charge in [-0.2, -0.15) is 0 Å². The number of fused-ring (bicyclic) bond motifs is 8. The van der Waals surface area contributed by atoms with Gasteiger partial charge in [0.1, 0.15) is 11.5 Å². The number of esters is 1. The Morgan fingerprint density at radius 1 is 1.02 bits per heavy atom. The maximum absolute atomic E-state index is 13.2. The van der Waals surface area contributed by atoms with E-state index in [0.29, 0.717) is 50.0 Å². The molecule has 0 amide bonds. The third-order valence-corrected chi connectivity index (χ3v) is 16.6. The Hall–Kier alpha value is -1.83. The quantitative estimate of drug-likeness (QED) is 0.199. The molecule has 10 nitrogen and oxygen atoms in total. The van der Waals surface area contributed by atoms with Crippen LogP contribution in [0.1, 0.15) is 88.4 Å². The number of thioether (sulfide) groups is 1. The molecule has 4 aliphatic heterocycles. The van der Waals surface area contributed by atoms with Crippen molar-refractivity contribution in [2.24, 2.45) is 34.5 Å². The number of carbonyl (C=O) groups is 2. The van der Waals surface area contributed by atoms with Crippen molar-refractivity contribution in [1.29, 1.82) is 0 Å². The first-order valence-corrected chi connectivity index (χ1v) is 19.8. The smallest absolute Gasteiger partial charge is 0.331 e. The average molecular weight is 710 g/mol. The minimum Gasteiger partial charge on any atom is -0.458 e. The Morgan fingerprint density at radius 2 is 1.84 bits per heavy atom. The lowest BCUT2D eigenvalue weighted by Crippen LogP contribution is -2.76. The zero-order valence-corrected chi connectivity index (χ0v) is 29.9. The van der Waals surface area contributed by atoms with Gasteiger partial charge in [0.15, 0.2) is 5.78 Å². The molecular weight excluding hydrogens is 658 g/mol. The Bertz CT molecular complexity index is 1580. The van der Waals surface area contributed by atoms with E-state index in [2.05, 4.69) is 12.2 Å². The normalized spacial score (nSPS) is 50.8. The molecule has 4 aliphatic carbocycles. The van der Waals surface area contributed by atoms with Crippen molar-refractivity contribution >= 4 is 23.5 Å². The van der Waals surface area contributed by atoms with Crippen molar-refractivity contribution in [3.05, 3.63) is 47.5 Å². The molecule has 1 aromatic rings. The topological polar surface area (TPSA) is 144 Å². The van der Waals surface area contributed by atoms with Crippen LogP contribution in [0.5, 0.6) is 0 Å². The molecule has 272 valence electrons. The fourth-order valence-electron chi connectivity index (χ4n) is 12.5. The fourth-order valence-corrected chi connectivity index (χ4v) is 14.2. The zero-order chi connectivity index (χ0) is 34.7. The maximum atomic E-state index is 13.2. The van der Waals surface area contributed by atoms with E-state index in [9.17, 15) is 24.9 Å². The molecule has 0 aromatic heterocycles. The van der Waals surface area contributed by atoms with Gasteiger partial charge in [0, 0.05) is 53.7 Å². The average Bonchev–Trinajstić information content (AvgIpc) is 3.79. The van der Waals surface area contributed by atoms with E-state index in [1.165, 1.54) is 0 Å². The maximum Gasteiger partial charge on any atom is 0.331 e. The number of benzene rings is 1. The molecule has 9 rings (SSSR count). The summed E-state index contributed by atoms with van der Waals surface area (Å²) >= 11 is 1.59. The molecule has 3 saturated heterocycles. The monoisotopic (exact) mass is 709 g/mol. The molecule has 50 heavy (non-hydrogen) atoms. The van der Waals surface area contributed by atoms with Crippen molar-refractivity contribution < 1.29 is 43.9 Å². The number of hydrogen-bond acceptors (Lipinski definition) is 11. The summed E-state index contributed by atoms with van der Waals surface area (Å²) in [5.74, 6) is -0.979. The van der Waals surface area contributed by atoms with Crippen LogP contribution in [0.15, 0.2) is 42.0 Å². The van der Waals surface area contributed by atoms with E-state index in [1.807, 2.05) is 37.3 Å². The number of aliphatic hydroxyl groups is 3. The lowest BCUT2D eigenvalue weighted by Gasteiger charge is -2.66. The minimum atomic E-state index is -1.80. The van der Waals surface area contributed by atoms with Gasteiger partial charge in [0.2, 0.25) is 12.1 Å². The molecule has 7 fully saturated rings. The van der Waals surface area contributed by atoms with E-state index in [-0.39, 0.29) is 65.7 Å². The van der Waals surface area contributed by atoms with Gasteiger partial charge in [-0.3, -0.25) is 10.1 Å². The number of aliphatic hydroxyl groups excluding tert-OH is 1. The number of nitrogens with one attached hydrogen (secondary N) is 1. The summed E-state index contributed by atoms with van der Waals surface area (Å²) in [6.07, 6.45) is 6.69. The van der Waals surface area contributed by atoms with Crippen molar-refractivity contribution in [2.75, 3.05) is 19.0 Å². The van der Waals surface area contributed by atoms with E-state index < -0.39 is 34.1 Å². The standard InChI is InChI=1S/C39H51NO9S/c1-22-17-38(40-26(20-50-38)16-30(42)23-6-4-3-5-7-23)39(45)34(47-22)48-31-15-25-8-9-29-28(36(25,21-41)18-32(31)49-39)10-12-35(2)27(11-13-37(29,35)44)24-14-33(43)46-19-24/h3-7,14,22,25-29,31-32,34,40-41,44-45H,8-13,15-21H2,1-2H3/t22-,25+,26-,27-,28+,29-,31-,32-,34+,35-,36-,37+,38+,39-/m1/s1. The number of carbonyl (C=O) groups excluding carboxylic acids is 2. The highest BCUT2D eigenvalue weighted by atomic mass is 32.2. The van der Waals surface area contributed by atoms with Gasteiger partial charge in [-0.15, -0.1) is 11.8 Å². The molecule has 14 atom stereocenters. The zero-order valence-electron chi connectivity index (χ0n) is 29.1. The number of cyclic esters (lactones) is 1. The van der Waals surface area contributed by atoms with Crippen molar-refractivity contribution in [2.45, 2.75) is 125 Å². The lowest BCUT2D eigenvalue weighted by molar-refractivity contribution is -0.450. The van der Waals surface area contributed by atoms with Gasteiger partial charge in [-0.1, -0.05) is 37.3 Å². The summed E-state index contributed by atoms with van der Waals surface area (Å²) in [5.41, 5.74) is -0.0633. The number of hydrogen-bond donors (Lipinski definition) is 4. The largest absolute Gasteiger partial charge is 0.458 e. The highest BCUT2D eigenvalue weighted by Crippen LogP contribution is 2.70. The summed E-state index contributed by atoms with van der Waals surface area (Å²) in [6, 6.07) is 9.16. The molecule has 4 saturated carbocycles. The summed E-state index contributed by atoms with van der Waals surface area (Å²) < 4.78 is 25.2. The Labute approximate surface area is 298 Å². The minimum absolute atomic E-state index is 0.00760. The number of ketones is 1. The second kappa shape index (κ2) is 11.8. The van der Waals surface area contributed by atoms with Gasteiger partial charge in [-0.05, 0) is 87.5 Å². The van der Waals surface area contributed by atoms with Crippen molar-refractivity contribution in [1.82, 2.24) is 5.32 Å². The van der Waals surface area contributed by atoms with E-state index in [4.69, 9.17) is 18.9 Å². The lowest BCUT2D eigenvalue weighted by atomic mass is 9.42. The Morgan fingerprint density at radius 3 is 2.60 bits per heavy atom. The van der Waals surface area contributed by atoms with Crippen LogP contribution in [0.25, 0.3) is 0 Å². The fraction of sp³-hybridized carbons (Fsp3) is 0.744. The molecule has 0 unspecified atom stereocenters. The van der Waals surface area contributed by atoms with Gasteiger partial charge in [0.25, 0.3) is 0 Å². The first-order valence-electron chi connectivity index (χ1n) is 18.9. The molecular formula is C39H51NO9S. The van der Waals surface area contributed by atoms with Gasteiger partial charge in [0.05, 0.1) is 23.9 Å². The summed E-state index contributed by atoms with van der Waals surface area (Å²) in [5, 5.41) is 40.4. The molecule has 1 aromatic carbocycles. The van der Waals surface area contributed by atoms with Gasteiger partial charge >= 0.3 is 5.97 Å². The highest BCUT2D eigenvalue weighted by molar-refractivity contribution is 8.01. The van der Waals surface area contributed by atoms with Crippen LogP contribution in [0.4, 0.5) is 0 Å². The molecule has 0 bridgehead atoms. The number of rotatable bonds is 5. The Balaban J connectivity index is 0.972. The van der Waals surface area contributed by atoms with Crippen LogP contribution in [0.3, 0.4) is 0 Å². The summed E-state index contributed by atoms with van der Waals surface area (Å²) in [7, 11) is 0. The summed E-state index contributed by atoms with van der Waals surface area (Å²) in [4.78, 5) is 24.2. The number of ether oxygens (including phenoxy) is 4. The highest BCUT2D eigenvalue weighted by Gasteiger charge is 2.72. The van der Waals surface area contributed by atoms with Gasteiger partial charge in [-0.25, -0.2) is 4.79 Å². The molecule has 1 spiro atoms. The first kappa shape index (κ1) is 34.0. The van der Waals surface area contributed by atoms with Crippen LogP contribution in [-0.2, 0) is 23.7 Å². The molecule has 4 heterocycles. The van der Waals surface area contributed by atoms with Gasteiger partial charge < -0.3 is 34.3 Å². The third kappa shape index (κ3) is 4.73. The predicted octanol–water partition coefficient (Wildman–Crippen LogP) is 4.11. The second-order valence-electron chi connectivity index (χ2n) is 17.1. The summed E-state index contributed by atoms with van der Waals surface area (Å²) in [6.45, 7) is 4.51. The SMILES string of the molecule is C[C@@H]1C[C@@]2(N[C@H](CC(=O)c3ccccc3)CS2)[C@]2(O)O[C@@H]3C[C@@]4(CO)[C@@H](CC[C@@H]5[C@@H]4CC[C@]4(C)[C@@H](C6=CC(=O)OC6)CC[C@]54O)C[C@H]3O[C@@H]2O1. The van der Waals surface area contributed by atoms with E-state index in [1.54, 1.807) is 17.8 Å². The first-order chi connectivity index (χ1) is 23.9. The van der Waals surface area contributed by atoms with Crippen LogP contribution >= 0.6 is 11.8 Å². The van der Waals surface area contributed by atoms with E-state index in [0.717, 1.165) is 37.7 Å². The molecule has 0 radical (unpaired) electrons. The van der Waals surface area contributed by atoms with Crippen molar-refractivity contribution in [3.8, 4) is 0 Å². The van der Waals surface area contributed by atoms with Crippen molar-refractivity contribution in [3.63, 3.8) is 0 Å². The third-order valence-electron chi connectivity index (χ3n) is 14.9. The van der Waals surface area contributed by atoms with Crippen LogP contribution in [0.2, 0.25) is 0 Å². The van der Waals surface area contributed by atoms with Crippen LogP contribution in [-0.4, -0.2) is 92.9 Å². The second-order valence-corrected chi connectivity index (χ2v) is 18.4. The van der Waals surface area contributed by atoms with Crippen LogP contribution < -0.4 is 5.32 Å². The van der Waals surface area contributed by atoms with E-state index >= 15 is 0 Å². The molecule has 8 aliphatic rings. The predicted molar refractivity (Wildman–Crippen MR) is 184 cm³/mol. The Kier molecular flexibility index (Phi) is 8.04.